The molecule has 2 unspecified atom stereocenters. The number of benzene rings is 1. The number of nitrogens with two attached hydrogens (primary N) is 1. The van der Waals surface area contributed by atoms with Crippen LogP contribution >= 0.6 is 15.9 Å². The average Bonchev–Trinajstić information content (AvgIpc) is 2.35. The highest BCUT2D eigenvalue weighted by Gasteiger charge is 2.25. The molecule has 0 radical (unpaired) electrons. The molecule has 0 spiro atoms. The van der Waals surface area contributed by atoms with Crippen LogP contribution in [0.3, 0.4) is 0 Å². The third-order valence-electron chi connectivity index (χ3n) is 3.91. The van der Waals surface area contributed by atoms with Crippen molar-refractivity contribution in [2.45, 2.75) is 19.9 Å². The molecule has 1 aliphatic heterocycles. The molecule has 0 amide bonds. The molecule has 2 atom stereocenters. The molecule has 2 N–H and O–H groups in total. The van der Waals surface area contributed by atoms with Gasteiger partial charge in [-0.25, -0.2) is 4.39 Å². The molecule has 1 fully saturated rings. The van der Waals surface area contributed by atoms with Crippen molar-refractivity contribution in [1.29, 1.82) is 0 Å². The van der Waals surface area contributed by atoms with Crippen molar-refractivity contribution in [2.75, 3.05) is 19.6 Å². The van der Waals surface area contributed by atoms with E-state index in [1.807, 2.05) is 12.1 Å². The summed E-state index contributed by atoms with van der Waals surface area (Å²) in [5.41, 5.74) is 6.56. The van der Waals surface area contributed by atoms with Gasteiger partial charge in [0.2, 0.25) is 0 Å². The second-order valence-corrected chi connectivity index (χ2v) is 6.15. The minimum Gasteiger partial charge on any atom is -0.330 e. The second-order valence-electron chi connectivity index (χ2n) is 5.23. The van der Waals surface area contributed by atoms with Crippen molar-refractivity contribution in [3.05, 3.63) is 34.1 Å². The van der Waals surface area contributed by atoms with Gasteiger partial charge in [0.25, 0.3) is 0 Å². The van der Waals surface area contributed by atoms with Crippen LogP contribution in [0.1, 0.15) is 18.9 Å². The predicted octanol–water partition coefficient (Wildman–Crippen LogP) is 3.00. The van der Waals surface area contributed by atoms with Crippen molar-refractivity contribution in [3.63, 3.8) is 0 Å². The van der Waals surface area contributed by atoms with E-state index in [4.69, 9.17) is 5.73 Å². The van der Waals surface area contributed by atoms with Crippen molar-refractivity contribution in [3.8, 4) is 0 Å². The number of nitrogens with zero attached hydrogens (tertiary/aromatic N) is 1. The van der Waals surface area contributed by atoms with Crippen LogP contribution in [0.25, 0.3) is 0 Å². The molecule has 1 saturated heterocycles. The lowest BCUT2D eigenvalue weighted by Crippen LogP contribution is -2.42. The van der Waals surface area contributed by atoms with Gasteiger partial charge < -0.3 is 5.73 Å². The van der Waals surface area contributed by atoms with E-state index in [0.29, 0.717) is 18.4 Å². The Balaban J connectivity index is 2.01. The zero-order valence-electron chi connectivity index (χ0n) is 10.7. The summed E-state index contributed by atoms with van der Waals surface area (Å²) in [6.45, 7) is 5.68. The zero-order valence-corrected chi connectivity index (χ0v) is 12.3. The van der Waals surface area contributed by atoms with Crippen LogP contribution in [0, 0.1) is 17.7 Å². The van der Waals surface area contributed by atoms with Crippen LogP contribution in [-0.2, 0) is 6.54 Å². The SMILES string of the molecule is CC1CCN(Cc2ccc(Br)cc2F)CC1CN. The van der Waals surface area contributed by atoms with E-state index < -0.39 is 0 Å². The summed E-state index contributed by atoms with van der Waals surface area (Å²) in [7, 11) is 0. The van der Waals surface area contributed by atoms with E-state index >= 15 is 0 Å². The van der Waals surface area contributed by atoms with Gasteiger partial charge in [-0.1, -0.05) is 28.9 Å². The Kier molecular flexibility index (Phi) is 4.76. The number of piperidine rings is 1. The summed E-state index contributed by atoms with van der Waals surface area (Å²) in [6.07, 6.45) is 1.15. The fourth-order valence-corrected chi connectivity index (χ4v) is 2.90. The van der Waals surface area contributed by atoms with E-state index in [1.54, 1.807) is 0 Å². The highest BCUT2D eigenvalue weighted by Crippen LogP contribution is 2.24. The van der Waals surface area contributed by atoms with E-state index in [2.05, 4.69) is 27.8 Å². The largest absolute Gasteiger partial charge is 0.330 e. The van der Waals surface area contributed by atoms with Gasteiger partial charge in [-0.15, -0.1) is 0 Å². The predicted molar refractivity (Wildman–Crippen MR) is 75.7 cm³/mol. The number of rotatable bonds is 3. The maximum atomic E-state index is 13.8. The topological polar surface area (TPSA) is 29.3 Å². The van der Waals surface area contributed by atoms with Gasteiger partial charge >= 0.3 is 0 Å². The lowest BCUT2D eigenvalue weighted by Gasteiger charge is -2.36. The second kappa shape index (κ2) is 6.13. The molecule has 1 aliphatic rings. The van der Waals surface area contributed by atoms with Gasteiger partial charge in [-0.05, 0) is 43.5 Å². The van der Waals surface area contributed by atoms with Gasteiger partial charge in [0, 0.05) is 23.1 Å². The summed E-state index contributed by atoms with van der Waals surface area (Å²) in [6, 6.07) is 5.28. The van der Waals surface area contributed by atoms with Crippen molar-refractivity contribution >= 4 is 15.9 Å². The summed E-state index contributed by atoms with van der Waals surface area (Å²) in [5, 5.41) is 0. The van der Waals surface area contributed by atoms with Crippen LogP contribution in [0.15, 0.2) is 22.7 Å². The number of hydrogen-bond donors (Lipinski definition) is 1. The molecule has 1 aromatic rings. The number of hydrogen-bond acceptors (Lipinski definition) is 2. The molecule has 18 heavy (non-hydrogen) atoms. The summed E-state index contributed by atoms with van der Waals surface area (Å²) in [5.74, 6) is 1.09. The Morgan fingerprint density at radius 2 is 2.28 bits per heavy atom. The van der Waals surface area contributed by atoms with Crippen LogP contribution in [-0.4, -0.2) is 24.5 Å². The van der Waals surface area contributed by atoms with E-state index in [-0.39, 0.29) is 5.82 Å². The molecule has 0 bridgehead atoms. The van der Waals surface area contributed by atoms with Gasteiger partial charge in [-0.2, -0.15) is 0 Å². The maximum Gasteiger partial charge on any atom is 0.128 e. The van der Waals surface area contributed by atoms with Gasteiger partial charge in [-0.3, -0.25) is 4.90 Å². The Morgan fingerprint density at radius 3 is 2.94 bits per heavy atom. The molecule has 1 aromatic carbocycles. The molecule has 0 saturated carbocycles. The fraction of sp³-hybridized carbons (Fsp3) is 0.571. The zero-order chi connectivity index (χ0) is 13.1. The number of halogens is 2. The Bertz CT molecular complexity index is 411. The summed E-state index contributed by atoms with van der Waals surface area (Å²) < 4.78 is 14.6. The normalized spacial score (nSPS) is 25.3. The van der Waals surface area contributed by atoms with Crippen molar-refractivity contribution < 1.29 is 4.39 Å². The van der Waals surface area contributed by atoms with Crippen LogP contribution in [0.2, 0.25) is 0 Å². The van der Waals surface area contributed by atoms with Crippen LogP contribution < -0.4 is 5.73 Å². The molecule has 2 nitrogen and oxygen atoms in total. The summed E-state index contributed by atoms with van der Waals surface area (Å²) >= 11 is 3.28. The third kappa shape index (κ3) is 3.31. The Labute approximate surface area is 116 Å². The fourth-order valence-electron chi connectivity index (χ4n) is 2.57. The van der Waals surface area contributed by atoms with Gasteiger partial charge in [0.15, 0.2) is 0 Å². The molecular formula is C14H20BrFN2. The third-order valence-corrected chi connectivity index (χ3v) is 4.40. The first-order valence-electron chi connectivity index (χ1n) is 6.46. The van der Waals surface area contributed by atoms with E-state index in [0.717, 1.165) is 36.1 Å². The molecule has 0 aromatic heterocycles. The van der Waals surface area contributed by atoms with Crippen molar-refractivity contribution in [2.24, 2.45) is 17.6 Å². The Hall–Kier alpha value is -0.450. The first-order chi connectivity index (χ1) is 8.60. The smallest absolute Gasteiger partial charge is 0.128 e. The Morgan fingerprint density at radius 1 is 1.50 bits per heavy atom. The molecule has 1 heterocycles. The summed E-state index contributed by atoms with van der Waals surface area (Å²) in [4.78, 5) is 2.31. The standard InChI is InChI=1S/C14H20BrFN2/c1-10-4-5-18(9-12(10)7-17)8-11-2-3-13(15)6-14(11)16/h2-3,6,10,12H,4-5,7-9,17H2,1H3. The molecule has 2 rings (SSSR count). The average molecular weight is 315 g/mol. The van der Waals surface area contributed by atoms with Crippen LogP contribution in [0.5, 0.6) is 0 Å². The first-order valence-corrected chi connectivity index (χ1v) is 7.25. The monoisotopic (exact) mass is 314 g/mol. The van der Waals surface area contributed by atoms with E-state index in [1.165, 1.54) is 6.07 Å². The van der Waals surface area contributed by atoms with Crippen molar-refractivity contribution in [1.82, 2.24) is 4.90 Å². The molecule has 100 valence electrons. The molecule has 4 heteroatoms. The van der Waals surface area contributed by atoms with Gasteiger partial charge in [0.1, 0.15) is 5.82 Å². The molecular weight excluding hydrogens is 295 g/mol. The lowest BCUT2D eigenvalue weighted by atomic mass is 9.87. The highest BCUT2D eigenvalue weighted by molar-refractivity contribution is 9.10. The minimum atomic E-state index is -0.132. The minimum absolute atomic E-state index is 0.132. The number of likely N-dealkylation sites (tertiary alicyclic amines) is 1. The highest BCUT2D eigenvalue weighted by atomic mass is 79.9. The van der Waals surface area contributed by atoms with Gasteiger partial charge in [0.05, 0.1) is 0 Å². The first kappa shape index (κ1) is 14.0. The molecule has 0 aliphatic carbocycles. The van der Waals surface area contributed by atoms with Crippen LogP contribution in [0.4, 0.5) is 4.39 Å². The quantitative estimate of drug-likeness (QED) is 0.929. The maximum absolute atomic E-state index is 13.8. The van der Waals surface area contributed by atoms with E-state index in [9.17, 15) is 4.39 Å². The lowest BCUT2D eigenvalue weighted by molar-refractivity contribution is 0.125.